The minimum atomic E-state index is -0.251. The smallest absolute Gasteiger partial charge is 0.231 e. The van der Waals surface area contributed by atoms with Crippen LogP contribution in [0.25, 0.3) is 0 Å². The van der Waals surface area contributed by atoms with Crippen LogP contribution in [0.3, 0.4) is 0 Å². The Balaban J connectivity index is 1.46. The van der Waals surface area contributed by atoms with E-state index in [9.17, 15) is 4.79 Å². The monoisotopic (exact) mass is 483 g/mol. The summed E-state index contributed by atoms with van der Waals surface area (Å²) in [6.07, 6.45) is 1.31. The standard InChI is InChI=1S/C30H29NO5/c1-30(2)14-22-29(23(32)15-30)28(20-12-26-27(36-17-35-26)13-21(20)31-22)19-9-10-24(33-3)25(11-19)34-16-18-7-5-4-6-8-18/h4-13,28,31H,14-17H2,1-3H3/t28-/m1/s1. The highest BCUT2D eigenvalue weighted by Gasteiger charge is 2.41. The molecule has 1 N–H and O–H groups in total. The van der Waals surface area contributed by atoms with E-state index < -0.39 is 0 Å². The molecule has 0 bridgehead atoms. The maximum Gasteiger partial charge on any atom is 0.231 e. The summed E-state index contributed by atoms with van der Waals surface area (Å²) in [5.41, 5.74) is 5.67. The summed E-state index contributed by atoms with van der Waals surface area (Å²) >= 11 is 0. The molecule has 0 amide bonds. The molecule has 0 fully saturated rings. The maximum atomic E-state index is 13.6. The van der Waals surface area contributed by atoms with Crippen molar-refractivity contribution in [3.63, 3.8) is 0 Å². The van der Waals surface area contributed by atoms with Gasteiger partial charge < -0.3 is 24.3 Å². The average Bonchev–Trinajstić information content (AvgIpc) is 3.32. The minimum Gasteiger partial charge on any atom is -0.493 e. The van der Waals surface area contributed by atoms with Crippen LogP contribution in [-0.2, 0) is 11.4 Å². The van der Waals surface area contributed by atoms with Crippen LogP contribution in [-0.4, -0.2) is 19.7 Å². The molecule has 0 saturated heterocycles. The van der Waals surface area contributed by atoms with E-state index in [-0.39, 0.29) is 23.9 Å². The first kappa shape index (κ1) is 22.5. The van der Waals surface area contributed by atoms with Crippen LogP contribution in [0.5, 0.6) is 23.0 Å². The highest BCUT2D eigenvalue weighted by molar-refractivity contribution is 6.01. The van der Waals surface area contributed by atoms with E-state index in [1.807, 2.05) is 60.7 Å². The topological polar surface area (TPSA) is 66.0 Å². The molecule has 2 aliphatic heterocycles. The number of methoxy groups -OCH3 is 1. The Labute approximate surface area is 210 Å². The molecule has 6 rings (SSSR count). The van der Waals surface area contributed by atoms with Gasteiger partial charge >= 0.3 is 0 Å². The number of allylic oxidation sites excluding steroid dienone is 2. The molecule has 3 aromatic carbocycles. The molecule has 6 nitrogen and oxygen atoms in total. The molecular formula is C30H29NO5. The Morgan fingerprint density at radius 2 is 1.75 bits per heavy atom. The Bertz CT molecular complexity index is 1380. The third-order valence-electron chi connectivity index (χ3n) is 7.11. The Morgan fingerprint density at radius 3 is 2.53 bits per heavy atom. The first-order valence-corrected chi connectivity index (χ1v) is 12.2. The third-order valence-corrected chi connectivity index (χ3v) is 7.11. The number of anilines is 1. The molecule has 0 unspecified atom stereocenters. The third kappa shape index (κ3) is 3.96. The van der Waals surface area contributed by atoms with Crippen molar-refractivity contribution in [1.82, 2.24) is 0 Å². The van der Waals surface area contributed by atoms with Crippen LogP contribution in [0.1, 0.15) is 49.3 Å². The van der Waals surface area contributed by atoms with Gasteiger partial charge in [0, 0.05) is 35.4 Å². The summed E-state index contributed by atoms with van der Waals surface area (Å²) in [6, 6.07) is 20.0. The fourth-order valence-electron chi connectivity index (χ4n) is 5.47. The molecule has 0 spiro atoms. The van der Waals surface area contributed by atoms with Crippen molar-refractivity contribution in [3.8, 4) is 23.0 Å². The van der Waals surface area contributed by atoms with Gasteiger partial charge in [0.1, 0.15) is 6.61 Å². The second-order valence-corrected chi connectivity index (χ2v) is 10.4. The second kappa shape index (κ2) is 8.63. The predicted octanol–water partition coefficient (Wildman–Crippen LogP) is 6.20. The molecule has 2 heterocycles. The number of hydrogen-bond acceptors (Lipinski definition) is 6. The molecular weight excluding hydrogens is 454 g/mol. The molecule has 3 aromatic rings. The molecule has 184 valence electrons. The molecule has 36 heavy (non-hydrogen) atoms. The number of nitrogens with one attached hydrogen (secondary N) is 1. The summed E-state index contributed by atoms with van der Waals surface area (Å²) in [4.78, 5) is 13.6. The van der Waals surface area contributed by atoms with E-state index in [1.54, 1.807) is 7.11 Å². The van der Waals surface area contributed by atoms with Crippen molar-refractivity contribution in [1.29, 1.82) is 0 Å². The summed E-state index contributed by atoms with van der Waals surface area (Å²) in [6.45, 7) is 4.90. The number of fused-ring (bicyclic) bond motifs is 2. The van der Waals surface area contributed by atoms with Crippen molar-refractivity contribution < 1.29 is 23.7 Å². The van der Waals surface area contributed by atoms with Gasteiger partial charge in [0.25, 0.3) is 0 Å². The number of carbonyl (C=O) groups is 1. The highest BCUT2D eigenvalue weighted by atomic mass is 16.7. The highest BCUT2D eigenvalue weighted by Crippen LogP contribution is 2.52. The predicted molar refractivity (Wildman–Crippen MR) is 137 cm³/mol. The zero-order valence-electron chi connectivity index (χ0n) is 20.7. The Morgan fingerprint density at radius 1 is 0.972 bits per heavy atom. The van der Waals surface area contributed by atoms with Crippen molar-refractivity contribution in [2.75, 3.05) is 19.2 Å². The fraction of sp³-hybridized carbons (Fsp3) is 0.300. The molecule has 0 aromatic heterocycles. The summed E-state index contributed by atoms with van der Waals surface area (Å²) < 4.78 is 23.2. The zero-order chi connectivity index (χ0) is 24.9. The summed E-state index contributed by atoms with van der Waals surface area (Å²) in [5.74, 6) is 2.63. The van der Waals surface area contributed by atoms with Gasteiger partial charge in [0.05, 0.1) is 7.11 Å². The van der Waals surface area contributed by atoms with Crippen LogP contribution in [0.15, 0.2) is 71.9 Å². The number of carbonyl (C=O) groups excluding carboxylic acids is 1. The molecule has 1 atom stereocenters. The number of ketones is 1. The number of ether oxygens (including phenoxy) is 4. The molecule has 6 heteroatoms. The van der Waals surface area contributed by atoms with E-state index in [0.717, 1.165) is 40.1 Å². The number of Topliss-reactive ketones (excluding diaryl/α,β-unsaturated/α-hetero) is 1. The van der Waals surface area contributed by atoms with Crippen molar-refractivity contribution in [2.45, 2.75) is 39.2 Å². The number of hydrogen-bond donors (Lipinski definition) is 1. The van der Waals surface area contributed by atoms with Crippen LogP contribution >= 0.6 is 0 Å². The van der Waals surface area contributed by atoms with Gasteiger partial charge in [-0.05, 0) is 46.7 Å². The fourth-order valence-corrected chi connectivity index (χ4v) is 5.47. The largest absolute Gasteiger partial charge is 0.493 e. The first-order valence-electron chi connectivity index (χ1n) is 12.2. The van der Waals surface area contributed by atoms with E-state index in [0.29, 0.717) is 36.0 Å². The van der Waals surface area contributed by atoms with Crippen LogP contribution < -0.4 is 24.3 Å². The average molecular weight is 484 g/mol. The Kier molecular flexibility index (Phi) is 5.40. The lowest BCUT2D eigenvalue weighted by Gasteiger charge is -2.39. The van der Waals surface area contributed by atoms with E-state index in [4.69, 9.17) is 18.9 Å². The normalized spacial score (nSPS) is 19.3. The minimum absolute atomic E-state index is 0.106. The van der Waals surface area contributed by atoms with Gasteiger partial charge in [-0.1, -0.05) is 50.2 Å². The van der Waals surface area contributed by atoms with Crippen molar-refractivity contribution in [2.24, 2.45) is 5.41 Å². The van der Waals surface area contributed by atoms with Gasteiger partial charge in [0.15, 0.2) is 28.8 Å². The SMILES string of the molecule is COc1ccc([C@H]2C3=C(CC(C)(C)CC3=O)Nc3cc4c(cc32)OCO4)cc1OCc1ccccc1. The number of benzene rings is 3. The quantitative estimate of drug-likeness (QED) is 0.466. The molecule has 0 radical (unpaired) electrons. The maximum absolute atomic E-state index is 13.6. The summed E-state index contributed by atoms with van der Waals surface area (Å²) in [5, 5.41) is 3.57. The van der Waals surface area contributed by atoms with Crippen LogP contribution in [0.2, 0.25) is 0 Å². The molecule has 3 aliphatic rings. The van der Waals surface area contributed by atoms with Crippen molar-refractivity contribution >= 4 is 11.5 Å². The number of rotatable bonds is 5. The Hall–Kier alpha value is -3.93. The first-order chi connectivity index (χ1) is 17.4. The van der Waals surface area contributed by atoms with Gasteiger partial charge in [-0.2, -0.15) is 0 Å². The van der Waals surface area contributed by atoms with Crippen molar-refractivity contribution in [3.05, 3.63) is 88.6 Å². The van der Waals surface area contributed by atoms with E-state index in [2.05, 4.69) is 19.2 Å². The van der Waals surface area contributed by atoms with Crippen LogP contribution in [0.4, 0.5) is 5.69 Å². The lowest BCUT2D eigenvalue weighted by molar-refractivity contribution is -0.118. The lowest BCUT2D eigenvalue weighted by atomic mass is 9.68. The van der Waals surface area contributed by atoms with E-state index in [1.165, 1.54) is 0 Å². The van der Waals surface area contributed by atoms with Crippen LogP contribution in [0, 0.1) is 5.41 Å². The molecule has 0 saturated carbocycles. The van der Waals surface area contributed by atoms with Gasteiger partial charge in [-0.3, -0.25) is 4.79 Å². The molecule has 1 aliphatic carbocycles. The van der Waals surface area contributed by atoms with Gasteiger partial charge in [0.2, 0.25) is 6.79 Å². The summed E-state index contributed by atoms with van der Waals surface area (Å²) in [7, 11) is 1.64. The van der Waals surface area contributed by atoms with E-state index >= 15 is 0 Å². The second-order valence-electron chi connectivity index (χ2n) is 10.4. The lowest BCUT2D eigenvalue weighted by Crippen LogP contribution is -2.33. The van der Waals surface area contributed by atoms with Gasteiger partial charge in [-0.25, -0.2) is 0 Å². The zero-order valence-corrected chi connectivity index (χ0v) is 20.7. The van der Waals surface area contributed by atoms with Gasteiger partial charge in [-0.15, -0.1) is 0 Å².